The van der Waals surface area contributed by atoms with Crippen molar-refractivity contribution in [3.8, 4) is 6.07 Å². The monoisotopic (exact) mass is 320 g/mol. The first kappa shape index (κ1) is 15.4. The number of aliphatic imine (C=N–C) groups is 1. The van der Waals surface area contributed by atoms with Gasteiger partial charge in [0.25, 0.3) is 5.91 Å². The minimum absolute atomic E-state index is 0.0235. The standard InChI is InChI=1S/C14H13ClN4OS/c1-9-2-3-11(15)6-12(9)19-13(20)10(7-16)8-18-14-17-4-5-21-14/h2-3,6,8H,4-5H2,1H3,(H,17,18)(H,19,20)/b10-8-. The SMILES string of the molecule is Cc1ccc(Cl)cc1NC(=O)/C(C#N)=C\NC1=NCCS1. The van der Waals surface area contributed by atoms with E-state index in [1.54, 1.807) is 30.0 Å². The maximum Gasteiger partial charge on any atom is 0.267 e. The van der Waals surface area contributed by atoms with Crippen LogP contribution < -0.4 is 10.6 Å². The molecule has 1 aliphatic rings. The molecule has 0 unspecified atom stereocenters. The fourth-order valence-corrected chi connectivity index (χ4v) is 2.50. The first-order valence-electron chi connectivity index (χ1n) is 6.21. The van der Waals surface area contributed by atoms with Crippen LogP contribution in [0.4, 0.5) is 5.69 Å². The number of nitrogens with zero attached hydrogens (tertiary/aromatic N) is 2. The van der Waals surface area contributed by atoms with Crippen LogP contribution in [0.25, 0.3) is 0 Å². The second kappa shape index (κ2) is 7.16. The number of rotatable bonds is 3. The van der Waals surface area contributed by atoms with Crippen LogP contribution in [0.15, 0.2) is 35.0 Å². The highest BCUT2D eigenvalue weighted by Gasteiger charge is 2.12. The van der Waals surface area contributed by atoms with Crippen LogP contribution in [0.1, 0.15) is 5.56 Å². The number of anilines is 1. The molecule has 0 saturated heterocycles. The number of amides is 1. The number of carbonyl (C=O) groups is 1. The fraction of sp³-hybridized carbons (Fsp3) is 0.214. The molecule has 5 nitrogen and oxygen atoms in total. The Kier molecular flexibility index (Phi) is 5.26. The van der Waals surface area contributed by atoms with E-state index in [4.69, 9.17) is 16.9 Å². The molecule has 0 spiro atoms. The summed E-state index contributed by atoms with van der Waals surface area (Å²) in [6.07, 6.45) is 1.37. The Bertz CT molecular complexity index is 663. The zero-order valence-electron chi connectivity index (χ0n) is 11.3. The maximum absolute atomic E-state index is 12.1. The highest BCUT2D eigenvalue weighted by molar-refractivity contribution is 8.14. The molecule has 0 aromatic heterocycles. The van der Waals surface area contributed by atoms with Crippen molar-refractivity contribution in [2.75, 3.05) is 17.6 Å². The summed E-state index contributed by atoms with van der Waals surface area (Å²) >= 11 is 7.45. The lowest BCUT2D eigenvalue weighted by Gasteiger charge is -2.08. The van der Waals surface area contributed by atoms with Crippen LogP contribution in [-0.2, 0) is 4.79 Å². The number of hydrogen-bond donors (Lipinski definition) is 2. The summed E-state index contributed by atoms with van der Waals surface area (Å²) in [5, 5.41) is 15.9. The maximum atomic E-state index is 12.1. The zero-order chi connectivity index (χ0) is 15.2. The van der Waals surface area contributed by atoms with E-state index < -0.39 is 5.91 Å². The molecule has 0 saturated carbocycles. The summed E-state index contributed by atoms with van der Waals surface area (Å²) in [5.74, 6) is 0.422. The highest BCUT2D eigenvalue weighted by Crippen LogP contribution is 2.20. The molecule has 1 aromatic rings. The fourth-order valence-electron chi connectivity index (χ4n) is 1.62. The van der Waals surface area contributed by atoms with Crippen molar-refractivity contribution in [1.82, 2.24) is 5.32 Å². The van der Waals surface area contributed by atoms with Gasteiger partial charge in [-0.25, -0.2) is 0 Å². The summed E-state index contributed by atoms with van der Waals surface area (Å²) in [6.45, 7) is 2.60. The second-order valence-electron chi connectivity index (χ2n) is 4.26. The number of carbonyl (C=O) groups excluding carboxylic acids is 1. The lowest BCUT2D eigenvalue weighted by Crippen LogP contribution is -2.19. The van der Waals surface area contributed by atoms with E-state index in [1.165, 1.54) is 6.20 Å². The van der Waals surface area contributed by atoms with Gasteiger partial charge in [-0.05, 0) is 24.6 Å². The van der Waals surface area contributed by atoms with Crippen molar-refractivity contribution < 1.29 is 4.79 Å². The van der Waals surface area contributed by atoms with Crippen LogP contribution >= 0.6 is 23.4 Å². The van der Waals surface area contributed by atoms with Gasteiger partial charge in [-0.2, -0.15) is 5.26 Å². The molecule has 0 atom stereocenters. The summed E-state index contributed by atoms with van der Waals surface area (Å²) in [6, 6.07) is 7.06. The molecule has 1 amide bonds. The van der Waals surface area contributed by atoms with Crippen molar-refractivity contribution in [1.29, 1.82) is 5.26 Å². The lowest BCUT2D eigenvalue weighted by molar-refractivity contribution is -0.112. The summed E-state index contributed by atoms with van der Waals surface area (Å²) < 4.78 is 0. The average Bonchev–Trinajstić information content (AvgIpc) is 2.97. The summed E-state index contributed by atoms with van der Waals surface area (Å²) in [4.78, 5) is 16.3. The first-order valence-corrected chi connectivity index (χ1v) is 7.58. The van der Waals surface area contributed by atoms with Crippen LogP contribution in [-0.4, -0.2) is 23.4 Å². The molecule has 1 heterocycles. The molecule has 2 N–H and O–H groups in total. The Hall–Kier alpha value is -1.97. The number of thioether (sulfide) groups is 1. The molecule has 1 aliphatic heterocycles. The van der Waals surface area contributed by atoms with E-state index in [0.717, 1.165) is 23.0 Å². The molecular weight excluding hydrogens is 308 g/mol. The number of benzene rings is 1. The Morgan fingerprint density at radius 2 is 2.38 bits per heavy atom. The largest absolute Gasteiger partial charge is 0.340 e. The van der Waals surface area contributed by atoms with Gasteiger partial charge in [0.1, 0.15) is 11.6 Å². The van der Waals surface area contributed by atoms with Crippen LogP contribution in [0.2, 0.25) is 5.02 Å². The molecule has 0 bridgehead atoms. The molecule has 0 radical (unpaired) electrons. The summed E-state index contributed by atoms with van der Waals surface area (Å²) in [7, 11) is 0. The molecule has 1 aromatic carbocycles. The number of halogens is 1. The molecule has 0 fully saturated rings. The Morgan fingerprint density at radius 3 is 3.05 bits per heavy atom. The van der Waals surface area contributed by atoms with Gasteiger partial charge in [0, 0.05) is 22.7 Å². The highest BCUT2D eigenvalue weighted by atomic mass is 35.5. The second-order valence-corrected chi connectivity index (χ2v) is 5.78. The Balaban J connectivity index is 2.08. The summed E-state index contributed by atoms with van der Waals surface area (Å²) in [5.41, 5.74) is 1.43. The minimum atomic E-state index is -0.487. The van der Waals surface area contributed by atoms with Gasteiger partial charge in [0.05, 0.1) is 6.54 Å². The van der Waals surface area contributed by atoms with Crippen molar-refractivity contribution in [3.63, 3.8) is 0 Å². The van der Waals surface area contributed by atoms with Crippen molar-refractivity contribution in [3.05, 3.63) is 40.6 Å². The van der Waals surface area contributed by atoms with Gasteiger partial charge in [-0.3, -0.25) is 9.79 Å². The number of hydrogen-bond acceptors (Lipinski definition) is 5. The van der Waals surface area contributed by atoms with Gasteiger partial charge >= 0.3 is 0 Å². The van der Waals surface area contributed by atoms with E-state index in [9.17, 15) is 4.79 Å². The number of nitriles is 1. The van der Waals surface area contributed by atoms with Crippen molar-refractivity contribution in [2.45, 2.75) is 6.92 Å². The smallest absolute Gasteiger partial charge is 0.267 e. The van der Waals surface area contributed by atoms with Crippen LogP contribution in [0, 0.1) is 18.3 Å². The third-order valence-electron chi connectivity index (χ3n) is 2.74. The molecule has 108 valence electrons. The van der Waals surface area contributed by atoms with Gasteiger partial charge in [-0.1, -0.05) is 29.4 Å². The molecule has 21 heavy (non-hydrogen) atoms. The average molecular weight is 321 g/mol. The predicted molar refractivity (Wildman–Crippen MR) is 86.4 cm³/mol. The van der Waals surface area contributed by atoms with Gasteiger partial charge in [0.15, 0.2) is 5.17 Å². The molecule has 7 heteroatoms. The van der Waals surface area contributed by atoms with E-state index in [2.05, 4.69) is 15.6 Å². The van der Waals surface area contributed by atoms with E-state index >= 15 is 0 Å². The molecule has 2 rings (SSSR count). The quantitative estimate of drug-likeness (QED) is 0.663. The molecular formula is C14H13ClN4OS. The van der Waals surface area contributed by atoms with Gasteiger partial charge < -0.3 is 10.6 Å². The lowest BCUT2D eigenvalue weighted by atomic mass is 10.2. The van der Waals surface area contributed by atoms with Gasteiger partial charge in [0.2, 0.25) is 0 Å². The Labute approximate surface area is 132 Å². The number of amidine groups is 1. The predicted octanol–water partition coefficient (Wildman–Crippen LogP) is 2.69. The Morgan fingerprint density at radius 1 is 1.57 bits per heavy atom. The molecule has 0 aliphatic carbocycles. The van der Waals surface area contributed by atoms with E-state index in [-0.39, 0.29) is 5.57 Å². The first-order chi connectivity index (χ1) is 10.1. The van der Waals surface area contributed by atoms with E-state index in [0.29, 0.717) is 10.7 Å². The zero-order valence-corrected chi connectivity index (χ0v) is 12.9. The minimum Gasteiger partial charge on any atom is -0.340 e. The van der Waals surface area contributed by atoms with Crippen LogP contribution in [0.5, 0.6) is 0 Å². The number of aryl methyl sites for hydroxylation is 1. The normalized spacial score (nSPS) is 14.3. The van der Waals surface area contributed by atoms with Gasteiger partial charge in [-0.15, -0.1) is 0 Å². The third kappa shape index (κ3) is 4.25. The van der Waals surface area contributed by atoms with Crippen molar-refractivity contribution >= 4 is 40.1 Å². The van der Waals surface area contributed by atoms with Crippen LogP contribution in [0.3, 0.4) is 0 Å². The van der Waals surface area contributed by atoms with Crippen molar-refractivity contribution in [2.24, 2.45) is 4.99 Å². The number of nitrogens with one attached hydrogen (secondary N) is 2. The van der Waals surface area contributed by atoms with E-state index in [1.807, 2.05) is 13.0 Å². The third-order valence-corrected chi connectivity index (χ3v) is 3.88. The topological polar surface area (TPSA) is 77.3 Å².